The van der Waals surface area contributed by atoms with Gasteiger partial charge in [0.1, 0.15) is 13.7 Å². The van der Waals surface area contributed by atoms with Crippen LogP contribution in [0.4, 0.5) is 23.2 Å². The summed E-state index contributed by atoms with van der Waals surface area (Å²) in [6.45, 7) is 5.15. The summed E-state index contributed by atoms with van der Waals surface area (Å²) < 4.78 is 50.4. The Hall–Kier alpha value is -0.975. The molecule has 0 fully saturated rings. The van der Waals surface area contributed by atoms with Crippen LogP contribution < -0.4 is 0 Å². The first-order valence-electron chi connectivity index (χ1n) is 5.94. The summed E-state index contributed by atoms with van der Waals surface area (Å²) in [5, 5.41) is 0. The van der Waals surface area contributed by atoms with E-state index >= 15 is 0 Å². The molecule has 0 bridgehead atoms. The van der Waals surface area contributed by atoms with Crippen molar-refractivity contribution in [3.63, 3.8) is 0 Å². The van der Waals surface area contributed by atoms with Gasteiger partial charge in [0.15, 0.2) is 0 Å². The van der Waals surface area contributed by atoms with E-state index in [4.69, 9.17) is 7.85 Å². The van der Waals surface area contributed by atoms with Crippen molar-refractivity contribution in [1.82, 2.24) is 0 Å². The second-order valence-corrected chi connectivity index (χ2v) is 5.68. The lowest BCUT2D eigenvalue weighted by Gasteiger charge is -2.11. The van der Waals surface area contributed by atoms with Crippen LogP contribution in [0.15, 0.2) is 22.0 Å². The monoisotopic (exact) mass is 303 g/mol. The van der Waals surface area contributed by atoms with Gasteiger partial charge in [0.25, 0.3) is 0 Å². The third-order valence-electron chi connectivity index (χ3n) is 2.48. The predicted molar refractivity (Wildman–Crippen MR) is 75.6 cm³/mol. The first-order chi connectivity index (χ1) is 9.10. The molecule has 1 aromatic rings. The quantitative estimate of drug-likeness (QED) is 0.341. The van der Waals surface area contributed by atoms with Crippen molar-refractivity contribution >= 4 is 30.9 Å². The van der Waals surface area contributed by atoms with Crippen LogP contribution in [0.5, 0.6) is 0 Å². The summed E-state index contributed by atoms with van der Waals surface area (Å²) in [6, 6.07) is 2.47. The molecule has 1 nitrogen and oxygen atoms in total. The highest BCUT2D eigenvalue weighted by atomic mass is 32.2. The van der Waals surface area contributed by atoms with Gasteiger partial charge in [-0.1, -0.05) is 13.8 Å². The van der Waals surface area contributed by atoms with Crippen LogP contribution in [-0.4, -0.2) is 25.4 Å². The molecule has 20 heavy (non-hydrogen) atoms. The molecule has 0 unspecified atom stereocenters. The van der Waals surface area contributed by atoms with Crippen LogP contribution in [0.3, 0.4) is 0 Å². The molecule has 2 radical (unpaired) electrons. The molecular formula is C13H14BF4NS. The lowest BCUT2D eigenvalue weighted by atomic mass is 9.90. The molecule has 1 aromatic carbocycles. The molecule has 0 saturated heterocycles. The number of aryl methyl sites for hydroxylation is 1. The Balaban J connectivity index is 3.07. The first-order valence-corrected chi connectivity index (χ1v) is 6.92. The van der Waals surface area contributed by atoms with Crippen LogP contribution in [0, 0.1) is 18.7 Å². The highest BCUT2D eigenvalue weighted by molar-refractivity contribution is 7.99. The summed E-state index contributed by atoms with van der Waals surface area (Å²) in [7, 11) is 5.65. The maximum atomic E-state index is 13.7. The zero-order valence-corrected chi connectivity index (χ0v) is 12.2. The van der Waals surface area contributed by atoms with Crippen molar-refractivity contribution in [2.75, 3.05) is 5.75 Å². The molecule has 0 aliphatic heterocycles. The van der Waals surface area contributed by atoms with Gasteiger partial charge in [-0.3, -0.25) is 4.99 Å². The van der Waals surface area contributed by atoms with Gasteiger partial charge in [0, 0.05) is 4.90 Å². The van der Waals surface area contributed by atoms with Crippen molar-refractivity contribution in [3.8, 4) is 0 Å². The van der Waals surface area contributed by atoms with Crippen LogP contribution >= 0.6 is 11.8 Å². The van der Waals surface area contributed by atoms with Crippen molar-refractivity contribution in [1.29, 1.82) is 0 Å². The summed E-state index contributed by atoms with van der Waals surface area (Å²) in [5.74, 6) is -1.69. The fourth-order valence-electron chi connectivity index (χ4n) is 1.31. The molecule has 0 aromatic heterocycles. The Morgan fingerprint density at radius 1 is 1.35 bits per heavy atom. The van der Waals surface area contributed by atoms with Crippen molar-refractivity contribution in [3.05, 3.63) is 23.5 Å². The van der Waals surface area contributed by atoms with Gasteiger partial charge >= 0.3 is 6.18 Å². The minimum absolute atomic E-state index is 0.0357. The normalized spacial score (nSPS) is 13.1. The molecule has 0 aliphatic carbocycles. The number of hydrogen-bond donors (Lipinski definition) is 0. The Bertz CT molecular complexity index is 512. The number of thioether (sulfide) groups is 1. The van der Waals surface area contributed by atoms with E-state index in [1.807, 2.05) is 0 Å². The van der Waals surface area contributed by atoms with E-state index in [9.17, 15) is 17.6 Å². The highest BCUT2D eigenvalue weighted by Crippen LogP contribution is 2.33. The Labute approximate surface area is 121 Å². The van der Waals surface area contributed by atoms with E-state index in [1.54, 1.807) is 20.8 Å². The largest absolute Gasteiger partial charge is 0.398 e. The number of benzene rings is 1. The molecule has 0 saturated carbocycles. The predicted octanol–water partition coefficient (Wildman–Crippen LogP) is 4.64. The third kappa shape index (κ3) is 5.19. The number of alkyl halides is 3. The molecule has 0 heterocycles. The van der Waals surface area contributed by atoms with E-state index < -0.39 is 17.7 Å². The Morgan fingerprint density at radius 3 is 2.45 bits per heavy atom. The third-order valence-corrected chi connectivity index (χ3v) is 3.70. The number of aliphatic imine (C=N–C) groups is 1. The first kappa shape index (κ1) is 17.1. The van der Waals surface area contributed by atoms with Crippen molar-refractivity contribution in [2.45, 2.75) is 31.8 Å². The zero-order chi connectivity index (χ0) is 15.5. The van der Waals surface area contributed by atoms with Gasteiger partial charge in [-0.15, -0.1) is 11.8 Å². The Kier molecular flexibility index (Phi) is 5.68. The fourth-order valence-corrected chi connectivity index (χ4v) is 2.11. The van der Waals surface area contributed by atoms with Gasteiger partial charge in [-0.25, -0.2) is 4.39 Å². The van der Waals surface area contributed by atoms with E-state index in [1.165, 1.54) is 12.1 Å². The van der Waals surface area contributed by atoms with Crippen LogP contribution in [0.25, 0.3) is 0 Å². The lowest BCUT2D eigenvalue weighted by Crippen LogP contribution is -2.10. The summed E-state index contributed by atoms with van der Waals surface area (Å²) >= 11 is 0.611. The molecule has 0 spiro atoms. The summed E-state index contributed by atoms with van der Waals surface area (Å²) in [5.41, 5.74) is 0.643. The minimum atomic E-state index is -4.27. The van der Waals surface area contributed by atoms with Crippen molar-refractivity contribution in [2.24, 2.45) is 10.9 Å². The second kappa shape index (κ2) is 6.65. The molecule has 0 N–H and O–H groups in total. The molecule has 108 valence electrons. The maximum absolute atomic E-state index is 13.7. The van der Waals surface area contributed by atoms with Gasteiger partial charge in [-0.2, -0.15) is 13.2 Å². The molecule has 1 rings (SSSR count). The zero-order valence-electron chi connectivity index (χ0n) is 11.4. The SMILES string of the molecule is [B]C(=Nc1cc(SCC(F)(F)F)c(C)cc1F)C(C)C. The summed E-state index contributed by atoms with van der Waals surface area (Å²) in [6.07, 6.45) is -4.27. The molecule has 7 heteroatoms. The molecule has 0 aliphatic rings. The number of halogens is 4. The maximum Gasteiger partial charge on any atom is 0.398 e. The molecule has 0 atom stereocenters. The highest BCUT2D eigenvalue weighted by Gasteiger charge is 2.27. The van der Waals surface area contributed by atoms with E-state index in [-0.39, 0.29) is 17.2 Å². The number of nitrogens with zero attached hydrogens (tertiary/aromatic N) is 1. The minimum Gasteiger partial charge on any atom is -0.266 e. The van der Waals surface area contributed by atoms with E-state index in [0.717, 1.165) is 0 Å². The van der Waals surface area contributed by atoms with Crippen LogP contribution in [0.2, 0.25) is 0 Å². The van der Waals surface area contributed by atoms with Crippen molar-refractivity contribution < 1.29 is 17.6 Å². The van der Waals surface area contributed by atoms with Crippen LogP contribution in [-0.2, 0) is 0 Å². The van der Waals surface area contributed by atoms with E-state index in [2.05, 4.69) is 4.99 Å². The fraction of sp³-hybridized carbons (Fsp3) is 0.462. The average Bonchev–Trinajstić information content (AvgIpc) is 2.29. The van der Waals surface area contributed by atoms with Gasteiger partial charge < -0.3 is 0 Å². The second-order valence-electron chi connectivity index (χ2n) is 4.66. The van der Waals surface area contributed by atoms with Crippen LogP contribution in [0.1, 0.15) is 19.4 Å². The number of hydrogen-bond acceptors (Lipinski definition) is 2. The topological polar surface area (TPSA) is 12.4 Å². The molecule has 0 amide bonds. The average molecular weight is 303 g/mol. The smallest absolute Gasteiger partial charge is 0.266 e. The number of rotatable bonds is 4. The Morgan fingerprint density at radius 2 is 1.95 bits per heavy atom. The van der Waals surface area contributed by atoms with Gasteiger partial charge in [0.2, 0.25) is 0 Å². The standard InChI is InChI=1S/C13H14BF4NS/c1-7(2)12(14)19-10-5-11(8(3)4-9(10)15)20-6-13(16,17)18/h4-5,7H,6H2,1-3H3. The summed E-state index contributed by atoms with van der Waals surface area (Å²) in [4.78, 5) is 4.28. The van der Waals surface area contributed by atoms with E-state index in [0.29, 0.717) is 22.2 Å². The lowest BCUT2D eigenvalue weighted by molar-refractivity contribution is -0.105. The van der Waals surface area contributed by atoms with Gasteiger partial charge in [-0.05, 0) is 36.1 Å². The van der Waals surface area contributed by atoms with Gasteiger partial charge in [0.05, 0.1) is 11.4 Å². The molecular weight excluding hydrogens is 289 g/mol.